The summed E-state index contributed by atoms with van der Waals surface area (Å²) in [4.78, 5) is 0. The highest BCUT2D eigenvalue weighted by molar-refractivity contribution is 7.38. The first-order valence-electron chi connectivity index (χ1n) is 3.51. The first-order chi connectivity index (χ1) is 4.41. The molecule has 1 unspecified atom stereocenters. The summed E-state index contributed by atoms with van der Waals surface area (Å²) < 4.78 is 0. The molecule has 0 nitrogen and oxygen atoms in total. The maximum atomic E-state index is 2.25. The summed E-state index contributed by atoms with van der Waals surface area (Å²) in [6, 6.07) is 0. The molecule has 0 saturated heterocycles. The Morgan fingerprint density at radius 2 is 2.11 bits per heavy atom. The largest absolute Gasteiger partial charge is 0.0877 e. The third-order valence-electron chi connectivity index (χ3n) is 1.03. The average molecular weight is 143 g/mol. The van der Waals surface area contributed by atoms with Crippen LogP contribution in [0.3, 0.4) is 0 Å². The first kappa shape index (κ1) is 8.91. The lowest BCUT2D eigenvalue weighted by molar-refractivity contribution is 1.50. The molecule has 1 heteroatoms. The van der Waals surface area contributed by atoms with Crippen LogP contribution in [0.2, 0.25) is 0 Å². The van der Waals surface area contributed by atoms with Gasteiger partial charge in [-0.3, -0.25) is 0 Å². The number of allylic oxidation sites excluding steroid dienone is 4. The fourth-order valence-electron chi connectivity index (χ4n) is 0.531. The zero-order valence-corrected chi connectivity index (χ0v) is 7.46. The van der Waals surface area contributed by atoms with Crippen molar-refractivity contribution in [2.75, 3.05) is 12.3 Å². The molecule has 0 amide bonds. The smallest absolute Gasteiger partial charge is 0.0731 e. The summed E-state index contributed by atoms with van der Waals surface area (Å²) >= 11 is 0. The molecule has 0 aromatic carbocycles. The van der Waals surface area contributed by atoms with E-state index in [1.54, 1.807) is 0 Å². The van der Waals surface area contributed by atoms with E-state index in [1.807, 2.05) is 6.92 Å². The van der Waals surface area contributed by atoms with E-state index in [0.29, 0.717) is 8.58 Å². The Morgan fingerprint density at radius 3 is 2.67 bits per heavy atom. The number of rotatable bonds is 4. The lowest BCUT2D eigenvalue weighted by Gasteiger charge is -1.78. The van der Waals surface area contributed by atoms with Crippen molar-refractivity contribution in [2.45, 2.75) is 13.8 Å². The quantitative estimate of drug-likeness (QED) is 0.322. The van der Waals surface area contributed by atoms with Crippen molar-refractivity contribution in [3.8, 4) is 0 Å². The van der Waals surface area contributed by atoms with E-state index in [-0.39, 0.29) is 0 Å². The Labute approximate surface area is 59.8 Å². The Morgan fingerprint density at radius 1 is 1.33 bits per heavy atom. The van der Waals surface area contributed by atoms with Crippen LogP contribution in [0.15, 0.2) is 24.3 Å². The van der Waals surface area contributed by atoms with Gasteiger partial charge in [-0.05, 0) is 28.5 Å². The Bertz CT molecular complexity index is 92.7. The molecule has 9 heavy (non-hydrogen) atoms. The molecule has 0 aromatic rings. The maximum Gasteiger partial charge on any atom is 0.0731 e. The van der Waals surface area contributed by atoms with Crippen LogP contribution in [0.4, 0.5) is 0 Å². The van der Waals surface area contributed by atoms with Gasteiger partial charge in [0.2, 0.25) is 0 Å². The molecule has 0 fully saturated rings. The van der Waals surface area contributed by atoms with Crippen molar-refractivity contribution < 1.29 is 0 Å². The molecule has 0 rings (SSSR count). The van der Waals surface area contributed by atoms with Crippen LogP contribution in [0.1, 0.15) is 13.8 Å². The van der Waals surface area contributed by atoms with Gasteiger partial charge in [0.1, 0.15) is 0 Å². The van der Waals surface area contributed by atoms with Crippen LogP contribution >= 0.6 is 8.58 Å². The third-order valence-corrected chi connectivity index (χ3v) is 2.21. The van der Waals surface area contributed by atoms with E-state index in [9.17, 15) is 0 Å². The minimum Gasteiger partial charge on any atom is -0.0877 e. The van der Waals surface area contributed by atoms with Gasteiger partial charge in [0, 0.05) is 0 Å². The average Bonchev–Trinajstić information content (AvgIpc) is 1.89. The monoisotopic (exact) mass is 143 g/mol. The highest BCUT2D eigenvalue weighted by Gasteiger charge is 1.80. The molecule has 0 aromatic heterocycles. The van der Waals surface area contributed by atoms with Crippen LogP contribution in [-0.4, -0.2) is 12.3 Å². The Hall–Kier alpha value is -0.0900. The second-order valence-electron chi connectivity index (χ2n) is 1.89. The second kappa shape index (κ2) is 7.91. The van der Waals surface area contributed by atoms with E-state index < -0.39 is 0 Å². The SMILES string of the molecule is CC=CC=CC[PH2+]CC. The summed E-state index contributed by atoms with van der Waals surface area (Å²) in [5.74, 6) is 0. The van der Waals surface area contributed by atoms with Gasteiger partial charge >= 0.3 is 0 Å². The molecule has 0 saturated carbocycles. The predicted octanol–water partition coefficient (Wildman–Crippen LogP) is 2.55. The van der Waals surface area contributed by atoms with E-state index >= 15 is 0 Å². The van der Waals surface area contributed by atoms with Crippen LogP contribution in [-0.2, 0) is 0 Å². The fraction of sp³-hybridized carbons (Fsp3) is 0.500. The molecule has 0 bridgehead atoms. The Balaban J connectivity index is 3.04. The van der Waals surface area contributed by atoms with Crippen LogP contribution in [0, 0.1) is 0 Å². The summed E-state index contributed by atoms with van der Waals surface area (Å²) in [5, 5.41) is 0. The van der Waals surface area contributed by atoms with Gasteiger partial charge in [0.25, 0.3) is 0 Å². The predicted molar refractivity (Wildman–Crippen MR) is 49.1 cm³/mol. The molecule has 0 N–H and O–H groups in total. The van der Waals surface area contributed by atoms with Crippen LogP contribution in [0.25, 0.3) is 0 Å². The van der Waals surface area contributed by atoms with Crippen molar-refractivity contribution in [3.05, 3.63) is 24.3 Å². The lowest BCUT2D eigenvalue weighted by Crippen LogP contribution is -1.65. The molecule has 0 radical (unpaired) electrons. The Kier molecular flexibility index (Phi) is 7.83. The van der Waals surface area contributed by atoms with E-state index in [1.165, 1.54) is 12.3 Å². The van der Waals surface area contributed by atoms with Crippen molar-refractivity contribution in [3.63, 3.8) is 0 Å². The molecule has 0 spiro atoms. The number of hydrogen-bond acceptors (Lipinski definition) is 0. The normalized spacial score (nSPS) is 13.1. The molecule has 0 heterocycles. The molecule has 0 aliphatic carbocycles. The van der Waals surface area contributed by atoms with Gasteiger partial charge in [0.05, 0.1) is 12.3 Å². The number of hydrogen-bond donors (Lipinski definition) is 0. The zero-order valence-electron chi connectivity index (χ0n) is 6.30. The first-order valence-corrected chi connectivity index (χ1v) is 5.14. The maximum absolute atomic E-state index is 2.25. The summed E-state index contributed by atoms with van der Waals surface area (Å²) in [6.45, 7) is 4.29. The van der Waals surface area contributed by atoms with Gasteiger partial charge in [-0.1, -0.05) is 18.2 Å². The van der Waals surface area contributed by atoms with Crippen LogP contribution < -0.4 is 0 Å². The summed E-state index contributed by atoms with van der Waals surface area (Å²) in [7, 11) is 0.689. The molecular formula is C8H16P+. The van der Waals surface area contributed by atoms with Crippen molar-refractivity contribution in [1.29, 1.82) is 0 Å². The summed E-state index contributed by atoms with van der Waals surface area (Å²) in [5.41, 5.74) is 0. The van der Waals surface area contributed by atoms with Crippen LogP contribution in [0.5, 0.6) is 0 Å². The van der Waals surface area contributed by atoms with Gasteiger partial charge in [-0.15, -0.1) is 0 Å². The van der Waals surface area contributed by atoms with Gasteiger partial charge in [-0.25, -0.2) is 0 Å². The third kappa shape index (κ3) is 7.91. The molecule has 1 atom stereocenters. The minimum atomic E-state index is 0.689. The van der Waals surface area contributed by atoms with Crippen molar-refractivity contribution in [1.82, 2.24) is 0 Å². The highest BCUT2D eigenvalue weighted by atomic mass is 31.1. The molecule has 0 aliphatic heterocycles. The molecule has 52 valence electrons. The van der Waals surface area contributed by atoms with Crippen molar-refractivity contribution in [2.24, 2.45) is 0 Å². The van der Waals surface area contributed by atoms with E-state index in [0.717, 1.165) is 0 Å². The standard InChI is InChI=1S/C8H15P/c1-3-5-6-7-8-9-4-2/h3,5-7,9H,4,8H2,1-2H3/p+1. The highest BCUT2D eigenvalue weighted by Crippen LogP contribution is 2.06. The van der Waals surface area contributed by atoms with E-state index in [4.69, 9.17) is 0 Å². The molecular weight excluding hydrogens is 127 g/mol. The van der Waals surface area contributed by atoms with Gasteiger partial charge in [0.15, 0.2) is 0 Å². The summed E-state index contributed by atoms with van der Waals surface area (Å²) in [6.07, 6.45) is 11.2. The second-order valence-corrected chi connectivity index (χ2v) is 3.75. The van der Waals surface area contributed by atoms with Gasteiger partial charge in [-0.2, -0.15) is 0 Å². The zero-order chi connectivity index (χ0) is 6.95. The minimum absolute atomic E-state index is 0.689. The van der Waals surface area contributed by atoms with Crippen molar-refractivity contribution >= 4 is 8.58 Å². The topological polar surface area (TPSA) is 0 Å². The van der Waals surface area contributed by atoms with E-state index in [2.05, 4.69) is 31.2 Å². The van der Waals surface area contributed by atoms with Gasteiger partial charge < -0.3 is 0 Å². The fourth-order valence-corrected chi connectivity index (χ4v) is 1.21. The lowest BCUT2D eigenvalue weighted by atomic mass is 10.5. The molecule has 0 aliphatic rings.